The molecule has 0 saturated heterocycles. The number of hydrogen-bond acceptors (Lipinski definition) is 7. The summed E-state index contributed by atoms with van der Waals surface area (Å²) in [6.45, 7) is -0.611. The Morgan fingerprint density at radius 1 is 1.35 bits per heavy atom. The van der Waals surface area contributed by atoms with Crippen LogP contribution < -0.4 is 0 Å². The lowest BCUT2D eigenvalue weighted by Gasteiger charge is -2.20. The molecule has 1 aromatic heterocycles. The fraction of sp³-hybridized carbons (Fsp3) is 0.417. The van der Waals surface area contributed by atoms with Gasteiger partial charge in [-0.25, -0.2) is 0 Å². The van der Waals surface area contributed by atoms with Crippen LogP contribution in [0.25, 0.3) is 0 Å². The molecule has 1 aromatic rings. The van der Waals surface area contributed by atoms with Crippen molar-refractivity contribution >= 4 is 11.9 Å². The molecule has 0 amide bonds. The number of carbonyl (C=O) groups is 2. The molecule has 8 nitrogen and oxygen atoms in total. The highest BCUT2D eigenvalue weighted by Crippen LogP contribution is 2.26. The molecule has 0 aliphatic rings. The average Bonchev–Trinajstić information content (AvgIpc) is 2.46. The summed E-state index contributed by atoms with van der Waals surface area (Å²) in [6, 6.07) is 3.12. The van der Waals surface area contributed by atoms with Crippen LogP contribution in [0.2, 0.25) is 0 Å². The van der Waals surface area contributed by atoms with Crippen molar-refractivity contribution in [3.8, 4) is 0 Å². The van der Waals surface area contributed by atoms with Crippen LogP contribution in [0.3, 0.4) is 0 Å². The van der Waals surface area contributed by atoms with E-state index < -0.39 is 35.2 Å². The first-order valence-electron chi connectivity index (χ1n) is 5.68. The minimum atomic E-state index is -1.40. The van der Waals surface area contributed by atoms with Crippen LogP contribution in [0.5, 0.6) is 0 Å². The van der Waals surface area contributed by atoms with Crippen LogP contribution in [0.4, 0.5) is 0 Å². The highest BCUT2D eigenvalue weighted by Gasteiger charge is 2.40. The second-order valence-corrected chi connectivity index (χ2v) is 3.93. The lowest BCUT2D eigenvalue weighted by molar-refractivity contribution is -0.484. The Balaban J connectivity index is 3.21. The largest absolute Gasteiger partial charge is 0.468 e. The number of hydrogen-bond donors (Lipinski definition) is 0. The van der Waals surface area contributed by atoms with Crippen molar-refractivity contribution in [3.05, 3.63) is 40.2 Å². The Kier molecular flexibility index (Phi) is 5.57. The molecule has 20 heavy (non-hydrogen) atoms. The lowest BCUT2D eigenvalue weighted by atomic mass is 9.86. The second-order valence-electron chi connectivity index (χ2n) is 3.93. The third-order valence-corrected chi connectivity index (χ3v) is 2.77. The first-order chi connectivity index (χ1) is 9.51. The molecule has 1 unspecified atom stereocenters. The Bertz CT molecular complexity index is 474. The molecule has 1 rings (SSSR count). The van der Waals surface area contributed by atoms with Crippen molar-refractivity contribution < 1.29 is 24.0 Å². The summed E-state index contributed by atoms with van der Waals surface area (Å²) in [7, 11) is 2.20. The third-order valence-electron chi connectivity index (χ3n) is 2.77. The minimum Gasteiger partial charge on any atom is -0.468 e. The van der Waals surface area contributed by atoms with Crippen molar-refractivity contribution in [2.24, 2.45) is 5.92 Å². The number of rotatable bonds is 6. The monoisotopic (exact) mass is 282 g/mol. The van der Waals surface area contributed by atoms with E-state index in [4.69, 9.17) is 0 Å². The number of esters is 2. The predicted octanol–water partition coefficient (Wildman–Crippen LogP) is 0.404. The molecule has 1 heterocycles. The van der Waals surface area contributed by atoms with Crippen LogP contribution in [-0.2, 0) is 19.1 Å². The van der Waals surface area contributed by atoms with Gasteiger partial charge in [-0.2, -0.15) is 0 Å². The maximum absolute atomic E-state index is 11.7. The van der Waals surface area contributed by atoms with E-state index in [0.29, 0.717) is 5.56 Å². The molecule has 0 bridgehead atoms. The van der Waals surface area contributed by atoms with Crippen LogP contribution in [-0.4, -0.2) is 42.6 Å². The Morgan fingerprint density at radius 3 is 2.35 bits per heavy atom. The molecule has 0 fully saturated rings. The molecule has 1 atom stereocenters. The van der Waals surface area contributed by atoms with E-state index in [1.54, 1.807) is 12.1 Å². The van der Waals surface area contributed by atoms with Gasteiger partial charge in [0.25, 0.3) is 0 Å². The standard InChI is InChI=1S/C12H14N2O6/c1-19-11(15)10(12(16)20-2)9(7-14(17)18)8-4-3-5-13-6-8/h3-6,9-10H,7H2,1-2H3. The number of nitro groups is 1. The van der Waals surface area contributed by atoms with Gasteiger partial charge >= 0.3 is 11.9 Å². The summed E-state index contributed by atoms with van der Waals surface area (Å²) < 4.78 is 9.07. The van der Waals surface area contributed by atoms with E-state index in [2.05, 4.69) is 14.5 Å². The van der Waals surface area contributed by atoms with E-state index in [0.717, 1.165) is 14.2 Å². The average molecular weight is 282 g/mol. The molecular weight excluding hydrogens is 268 g/mol. The van der Waals surface area contributed by atoms with Gasteiger partial charge in [0.1, 0.15) is 0 Å². The van der Waals surface area contributed by atoms with Gasteiger partial charge in [-0.3, -0.25) is 24.7 Å². The van der Waals surface area contributed by atoms with Crippen LogP contribution in [0.15, 0.2) is 24.5 Å². The van der Waals surface area contributed by atoms with Crippen LogP contribution in [0.1, 0.15) is 11.5 Å². The first kappa shape index (κ1) is 15.5. The summed E-state index contributed by atoms with van der Waals surface area (Å²) >= 11 is 0. The minimum absolute atomic E-state index is 0.394. The van der Waals surface area contributed by atoms with Crippen molar-refractivity contribution in [1.29, 1.82) is 0 Å². The molecule has 0 aromatic carbocycles. The fourth-order valence-electron chi connectivity index (χ4n) is 1.84. The summed E-state index contributed by atoms with van der Waals surface area (Å²) in [5.41, 5.74) is 0.394. The zero-order chi connectivity index (χ0) is 15.1. The number of ether oxygens (including phenoxy) is 2. The van der Waals surface area contributed by atoms with E-state index in [1.165, 1.54) is 12.4 Å². The van der Waals surface area contributed by atoms with Crippen molar-refractivity contribution in [2.75, 3.05) is 20.8 Å². The molecule has 0 saturated carbocycles. The normalized spacial score (nSPS) is 11.8. The van der Waals surface area contributed by atoms with Crippen molar-refractivity contribution in [3.63, 3.8) is 0 Å². The van der Waals surface area contributed by atoms with Gasteiger partial charge in [0.15, 0.2) is 5.92 Å². The van der Waals surface area contributed by atoms with E-state index in [-0.39, 0.29) is 0 Å². The Morgan fingerprint density at radius 2 is 1.95 bits per heavy atom. The van der Waals surface area contributed by atoms with E-state index in [1.807, 2.05) is 0 Å². The maximum Gasteiger partial charge on any atom is 0.320 e. The van der Waals surface area contributed by atoms with Gasteiger partial charge in [0.05, 0.1) is 20.1 Å². The number of pyridine rings is 1. The maximum atomic E-state index is 11.7. The zero-order valence-corrected chi connectivity index (χ0v) is 11.0. The van der Waals surface area contributed by atoms with Crippen LogP contribution in [0, 0.1) is 16.0 Å². The molecule has 0 aliphatic carbocycles. The topological polar surface area (TPSA) is 109 Å². The van der Waals surface area contributed by atoms with Crippen LogP contribution >= 0.6 is 0 Å². The molecule has 108 valence electrons. The van der Waals surface area contributed by atoms with Crippen molar-refractivity contribution in [2.45, 2.75) is 5.92 Å². The Hall–Kier alpha value is -2.51. The highest BCUT2D eigenvalue weighted by molar-refractivity contribution is 5.96. The van der Waals surface area contributed by atoms with Gasteiger partial charge in [0.2, 0.25) is 6.54 Å². The SMILES string of the molecule is COC(=O)C(C(=O)OC)C(C[N+](=O)[O-])c1cccnc1. The molecule has 0 spiro atoms. The quantitative estimate of drug-likeness (QED) is 0.321. The number of carbonyl (C=O) groups excluding carboxylic acids is 2. The number of aromatic nitrogens is 1. The van der Waals surface area contributed by atoms with E-state index in [9.17, 15) is 19.7 Å². The number of methoxy groups -OCH3 is 2. The van der Waals surface area contributed by atoms with E-state index >= 15 is 0 Å². The summed E-state index contributed by atoms with van der Waals surface area (Å²) in [6.07, 6.45) is 2.85. The smallest absolute Gasteiger partial charge is 0.320 e. The van der Waals surface area contributed by atoms with Gasteiger partial charge < -0.3 is 9.47 Å². The second kappa shape index (κ2) is 7.17. The summed E-state index contributed by atoms with van der Waals surface area (Å²) in [5.74, 6) is -4.17. The predicted molar refractivity (Wildman–Crippen MR) is 66.4 cm³/mol. The lowest BCUT2D eigenvalue weighted by Crippen LogP contribution is -2.35. The summed E-state index contributed by atoms with van der Waals surface area (Å²) in [5, 5.41) is 10.8. The van der Waals surface area contributed by atoms with Crippen molar-refractivity contribution in [1.82, 2.24) is 4.98 Å². The van der Waals surface area contributed by atoms with Gasteiger partial charge in [-0.05, 0) is 11.6 Å². The Labute approximate surface area is 114 Å². The molecular formula is C12H14N2O6. The third kappa shape index (κ3) is 3.74. The molecule has 0 N–H and O–H groups in total. The molecule has 0 aliphatic heterocycles. The molecule has 0 radical (unpaired) electrons. The van der Waals surface area contributed by atoms with Gasteiger partial charge in [-0.15, -0.1) is 0 Å². The number of nitrogens with zero attached hydrogens (tertiary/aromatic N) is 2. The molecule has 8 heteroatoms. The summed E-state index contributed by atoms with van der Waals surface area (Å²) in [4.78, 5) is 37.5. The fourth-order valence-corrected chi connectivity index (χ4v) is 1.84. The van der Waals surface area contributed by atoms with Gasteiger partial charge in [0, 0.05) is 17.3 Å². The highest BCUT2D eigenvalue weighted by atomic mass is 16.6. The first-order valence-corrected chi connectivity index (χ1v) is 5.68. The zero-order valence-electron chi connectivity index (χ0n) is 11.0. The van der Waals surface area contributed by atoms with Gasteiger partial charge in [-0.1, -0.05) is 6.07 Å².